The molecule has 0 spiro atoms. The van der Waals surface area contributed by atoms with Crippen molar-refractivity contribution in [3.8, 4) is 0 Å². The third-order valence-electron chi connectivity index (χ3n) is 4.71. The molecule has 26 heavy (non-hydrogen) atoms. The molecule has 2 aromatic rings. The van der Waals surface area contributed by atoms with E-state index in [1.807, 2.05) is 23.1 Å². The fourth-order valence-corrected chi connectivity index (χ4v) is 3.47. The Morgan fingerprint density at radius 1 is 1.15 bits per heavy atom. The van der Waals surface area contributed by atoms with E-state index in [1.165, 1.54) is 0 Å². The van der Waals surface area contributed by atoms with Crippen LogP contribution in [0, 0.1) is 5.92 Å². The minimum atomic E-state index is -0.216. The van der Waals surface area contributed by atoms with Crippen molar-refractivity contribution < 1.29 is 9.59 Å². The Balaban J connectivity index is 1.67. The summed E-state index contributed by atoms with van der Waals surface area (Å²) in [5.74, 6) is 0.304. The Hall–Kier alpha value is -2.33. The summed E-state index contributed by atoms with van der Waals surface area (Å²) in [6.07, 6.45) is 2.19. The number of halogens is 1. The summed E-state index contributed by atoms with van der Waals surface area (Å²) in [6, 6.07) is 14.3. The number of likely N-dealkylation sites (tertiary alicyclic amines) is 1. The van der Waals surface area contributed by atoms with Gasteiger partial charge in [0.05, 0.1) is 0 Å². The van der Waals surface area contributed by atoms with Gasteiger partial charge in [-0.15, -0.1) is 0 Å². The average Bonchev–Trinajstić information content (AvgIpc) is 2.66. The molecule has 1 saturated heterocycles. The number of carbonyl (C=O) groups excluding carboxylic acids is 2. The van der Waals surface area contributed by atoms with Crippen molar-refractivity contribution in [2.45, 2.75) is 26.3 Å². The van der Waals surface area contributed by atoms with E-state index in [9.17, 15) is 9.59 Å². The van der Waals surface area contributed by atoms with E-state index in [0.29, 0.717) is 28.6 Å². The first-order valence-electron chi connectivity index (χ1n) is 8.95. The van der Waals surface area contributed by atoms with E-state index in [-0.39, 0.29) is 11.8 Å². The van der Waals surface area contributed by atoms with E-state index < -0.39 is 0 Å². The first kappa shape index (κ1) is 18.5. The summed E-state index contributed by atoms with van der Waals surface area (Å²) < 4.78 is 0. The van der Waals surface area contributed by atoms with Crippen molar-refractivity contribution in [1.82, 2.24) is 10.2 Å². The molecule has 4 nitrogen and oxygen atoms in total. The first-order valence-corrected chi connectivity index (χ1v) is 9.33. The summed E-state index contributed by atoms with van der Waals surface area (Å²) >= 11 is 6.12. The van der Waals surface area contributed by atoms with Gasteiger partial charge in [-0.05, 0) is 48.6 Å². The van der Waals surface area contributed by atoms with Gasteiger partial charge in [0.1, 0.15) is 0 Å². The highest BCUT2D eigenvalue weighted by molar-refractivity contribution is 6.31. The van der Waals surface area contributed by atoms with Crippen LogP contribution in [-0.2, 0) is 6.54 Å². The summed E-state index contributed by atoms with van der Waals surface area (Å²) in [4.78, 5) is 27.1. The van der Waals surface area contributed by atoms with Crippen molar-refractivity contribution in [3.63, 3.8) is 0 Å². The van der Waals surface area contributed by atoms with Crippen LogP contribution in [0.3, 0.4) is 0 Å². The van der Waals surface area contributed by atoms with Gasteiger partial charge < -0.3 is 10.2 Å². The molecule has 3 rings (SSSR count). The van der Waals surface area contributed by atoms with Crippen LogP contribution in [0.2, 0.25) is 5.02 Å². The lowest BCUT2D eigenvalue weighted by Gasteiger charge is -2.31. The molecule has 0 bridgehead atoms. The maximum absolute atomic E-state index is 12.7. The Labute approximate surface area is 159 Å². The van der Waals surface area contributed by atoms with Crippen molar-refractivity contribution >= 4 is 23.4 Å². The van der Waals surface area contributed by atoms with E-state index in [4.69, 9.17) is 11.6 Å². The monoisotopic (exact) mass is 370 g/mol. The molecule has 1 unspecified atom stereocenters. The summed E-state index contributed by atoms with van der Waals surface area (Å²) in [6.45, 7) is 4.08. The molecule has 1 fully saturated rings. The molecule has 0 radical (unpaired) electrons. The minimum Gasteiger partial charge on any atom is -0.348 e. The molecule has 2 amide bonds. The Morgan fingerprint density at radius 2 is 1.92 bits per heavy atom. The van der Waals surface area contributed by atoms with Gasteiger partial charge in [0, 0.05) is 35.8 Å². The van der Waals surface area contributed by atoms with Crippen LogP contribution in [0.15, 0.2) is 48.5 Å². The normalized spacial score (nSPS) is 17.0. The Kier molecular flexibility index (Phi) is 5.94. The van der Waals surface area contributed by atoms with Gasteiger partial charge in [0.15, 0.2) is 0 Å². The lowest BCUT2D eigenvalue weighted by molar-refractivity contribution is 0.0683. The molecular weight excluding hydrogens is 348 g/mol. The summed E-state index contributed by atoms with van der Waals surface area (Å²) in [5, 5.41) is 3.48. The topological polar surface area (TPSA) is 49.4 Å². The highest BCUT2D eigenvalue weighted by atomic mass is 35.5. The molecule has 136 valence electrons. The predicted octanol–water partition coefficient (Wildman–Crippen LogP) is 4.14. The molecule has 5 heteroatoms. The zero-order valence-corrected chi connectivity index (χ0v) is 15.6. The molecule has 1 aliphatic heterocycles. The lowest BCUT2D eigenvalue weighted by atomic mass is 9.99. The van der Waals surface area contributed by atoms with Crippen LogP contribution >= 0.6 is 11.6 Å². The van der Waals surface area contributed by atoms with Crippen LogP contribution in [0.25, 0.3) is 0 Å². The minimum absolute atomic E-state index is 0.00250. The smallest absolute Gasteiger partial charge is 0.253 e. The van der Waals surface area contributed by atoms with Crippen molar-refractivity contribution in [2.24, 2.45) is 5.92 Å². The van der Waals surface area contributed by atoms with Crippen LogP contribution in [0.5, 0.6) is 0 Å². The summed E-state index contributed by atoms with van der Waals surface area (Å²) in [7, 11) is 0. The molecule has 2 aromatic carbocycles. The average molecular weight is 371 g/mol. The highest BCUT2D eigenvalue weighted by Crippen LogP contribution is 2.19. The van der Waals surface area contributed by atoms with Gasteiger partial charge in [-0.25, -0.2) is 0 Å². The van der Waals surface area contributed by atoms with Crippen molar-refractivity contribution in [1.29, 1.82) is 0 Å². The maximum Gasteiger partial charge on any atom is 0.253 e. The number of amides is 2. The zero-order valence-electron chi connectivity index (χ0n) is 14.9. The standard InChI is InChI=1S/C21H23ClN2O2/c1-15-6-5-11-24(14-15)21(26)17-9-4-8-16(12-17)20(25)23-13-18-7-2-3-10-19(18)22/h2-4,7-10,12,15H,5-6,11,13-14H2,1H3,(H,23,25). The highest BCUT2D eigenvalue weighted by Gasteiger charge is 2.22. The molecule has 0 saturated carbocycles. The first-order chi connectivity index (χ1) is 12.5. The van der Waals surface area contributed by atoms with E-state index in [2.05, 4.69) is 12.2 Å². The number of piperidine rings is 1. The Morgan fingerprint density at radius 3 is 2.69 bits per heavy atom. The van der Waals surface area contributed by atoms with Crippen LogP contribution in [0.1, 0.15) is 46.0 Å². The number of nitrogens with one attached hydrogen (secondary N) is 1. The van der Waals surface area contributed by atoms with Gasteiger partial charge in [0.2, 0.25) is 0 Å². The number of nitrogens with zero attached hydrogens (tertiary/aromatic N) is 1. The second kappa shape index (κ2) is 8.37. The largest absolute Gasteiger partial charge is 0.348 e. The molecule has 0 aliphatic carbocycles. The summed E-state index contributed by atoms with van der Waals surface area (Å²) in [5.41, 5.74) is 1.90. The number of carbonyl (C=O) groups is 2. The lowest BCUT2D eigenvalue weighted by Crippen LogP contribution is -2.39. The van der Waals surface area contributed by atoms with E-state index in [0.717, 1.165) is 31.5 Å². The van der Waals surface area contributed by atoms with Gasteiger partial charge in [-0.1, -0.05) is 42.8 Å². The van der Waals surface area contributed by atoms with Crippen LogP contribution < -0.4 is 5.32 Å². The van der Waals surface area contributed by atoms with E-state index in [1.54, 1.807) is 30.3 Å². The number of hydrogen-bond acceptors (Lipinski definition) is 2. The van der Waals surface area contributed by atoms with Crippen LogP contribution in [-0.4, -0.2) is 29.8 Å². The quantitative estimate of drug-likeness (QED) is 0.879. The van der Waals surface area contributed by atoms with E-state index >= 15 is 0 Å². The second-order valence-corrected chi connectivity index (χ2v) is 7.26. The number of rotatable bonds is 4. The molecular formula is C21H23ClN2O2. The Bertz CT molecular complexity index is 806. The van der Waals surface area contributed by atoms with Gasteiger partial charge >= 0.3 is 0 Å². The second-order valence-electron chi connectivity index (χ2n) is 6.85. The van der Waals surface area contributed by atoms with Gasteiger partial charge in [-0.2, -0.15) is 0 Å². The number of hydrogen-bond donors (Lipinski definition) is 1. The molecule has 1 aliphatic rings. The predicted molar refractivity (Wildman–Crippen MR) is 103 cm³/mol. The SMILES string of the molecule is CC1CCCN(C(=O)c2cccc(C(=O)NCc3ccccc3Cl)c2)C1. The molecule has 1 N–H and O–H groups in total. The third kappa shape index (κ3) is 4.44. The fraction of sp³-hybridized carbons (Fsp3) is 0.333. The van der Waals surface area contributed by atoms with Gasteiger partial charge in [-0.3, -0.25) is 9.59 Å². The third-order valence-corrected chi connectivity index (χ3v) is 5.08. The van der Waals surface area contributed by atoms with Gasteiger partial charge in [0.25, 0.3) is 11.8 Å². The number of benzene rings is 2. The fourth-order valence-electron chi connectivity index (χ4n) is 3.27. The van der Waals surface area contributed by atoms with Crippen molar-refractivity contribution in [3.05, 3.63) is 70.2 Å². The van der Waals surface area contributed by atoms with Crippen molar-refractivity contribution in [2.75, 3.05) is 13.1 Å². The molecule has 1 atom stereocenters. The maximum atomic E-state index is 12.7. The van der Waals surface area contributed by atoms with Crippen LogP contribution in [0.4, 0.5) is 0 Å². The molecule has 1 heterocycles. The molecule has 0 aromatic heterocycles. The zero-order chi connectivity index (χ0) is 18.5.